The number of amides is 4. The third-order valence-corrected chi connectivity index (χ3v) is 10.6. The van der Waals surface area contributed by atoms with Crippen LogP contribution < -0.4 is 9.64 Å². The van der Waals surface area contributed by atoms with Gasteiger partial charge in [0.1, 0.15) is 11.5 Å². The summed E-state index contributed by atoms with van der Waals surface area (Å²) in [6.45, 7) is 0. The molecule has 8 nitrogen and oxygen atoms in total. The molecule has 0 aromatic heterocycles. The fourth-order valence-electron chi connectivity index (χ4n) is 6.83. The van der Waals surface area contributed by atoms with E-state index in [9.17, 15) is 24.3 Å². The molecule has 4 amide bonds. The van der Waals surface area contributed by atoms with Gasteiger partial charge in [-0.2, -0.15) is 0 Å². The van der Waals surface area contributed by atoms with E-state index in [-0.39, 0.29) is 30.1 Å². The van der Waals surface area contributed by atoms with E-state index in [1.807, 2.05) is 6.08 Å². The maximum atomic E-state index is 13.9. The summed E-state index contributed by atoms with van der Waals surface area (Å²) in [6.07, 6.45) is 1.95. The smallest absolute Gasteiger partial charge is 0.253 e. The quantitative estimate of drug-likeness (QED) is 0.306. The van der Waals surface area contributed by atoms with Crippen LogP contribution in [0, 0.1) is 17.8 Å². The third kappa shape index (κ3) is 3.36. The molecule has 4 aliphatic rings. The number of likely N-dealkylation sites (tertiary alicyclic amines) is 1. The number of hydrogen-bond acceptors (Lipinski definition) is 6. The van der Waals surface area contributed by atoms with Crippen LogP contribution in [0.1, 0.15) is 24.3 Å². The highest BCUT2D eigenvalue weighted by atomic mass is 79.9. The highest BCUT2D eigenvalue weighted by molar-refractivity contribution is 9.10. The molecule has 6 atom stereocenters. The van der Waals surface area contributed by atoms with Gasteiger partial charge in [0.2, 0.25) is 11.8 Å². The van der Waals surface area contributed by atoms with Crippen molar-refractivity contribution in [2.24, 2.45) is 17.8 Å². The van der Waals surface area contributed by atoms with Crippen molar-refractivity contribution in [1.82, 2.24) is 4.90 Å². The molecule has 6 unspecified atom stereocenters. The zero-order chi connectivity index (χ0) is 28.0. The number of phenols is 1. The number of benzene rings is 2. The predicted molar refractivity (Wildman–Crippen MR) is 147 cm³/mol. The Kier molecular flexibility index (Phi) is 5.95. The lowest BCUT2D eigenvalue weighted by Crippen LogP contribution is -2.60. The number of rotatable bonds is 3. The molecule has 0 spiro atoms. The highest BCUT2D eigenvalue weighted by Gasteiger charge is 2.76. The van der Waals surface area contributed by atoms with Crippen LogP contribution in [0.2, 0.25) is 0 Å². The standard InChI is InChI=1S/C28H23BrCl2N2O6/c1-32-25(37)27(30)12-19-16(22(28(27,31)26(32)38)17-8-7-15(39-2)11-20(17)34)9-10-18-21(19)24(36)33(23(18)35)14-5-3-13(29)4-6-14/h3-9,11,18-19,21-22,34H,10,12H2,1-2H3. The molecule has 11 heteroatoms. The summed E-state index contributed by atoms with van der Waals surface area (Å²) in [7, 11) is 2.78. The van der Waals surface area contributed by atoms with Crippen molar-refractivity contribution in [2.45, 2.75) is 28.5 Å². The number of allylic oxidation sites excluding steroid dienone is 2. The van der Waals surface area contributed by atoms with Crippen molar-refractivity contribution in [3.05, 3.63) is 64.1 Å². The zero-order valence-corrected chi connectivity index (χ0v) is 24.0. The van der Waals surface area contributed by atoms with Crippen LogP contribution in [0.15, 0.2) is 58.6 Å². The molecule has 2 heterocycles. The van der Waals surface area contributed by atoms with Gasteiger partial charge in [0.25, 0.3) is 11.8 Å². The minimum atomic E-state index is -1.96. The number of anilines is 1. The molecule has 3 fully saturated rings. The third-order valence-electron chi connectivity index (χ3n) is 8.65. The Morgan fingerprint density at radius 3 is 2.33 bits per heavy atom. The molecular formula is C28H23BrCl2N2O6. The van der Waals surface area contributed by atoms with E-state index < -0.39 is 51.1 Å². The average molecular weight is 634 g/mol. The predicted octanol–water partition coefficient (Wildman–Crippen LogP) is 4.36. The van der Waals surface area contributed by atoms with Crippen LogP contribution in [0.25, 0.3) is 0 Å². The van der Waals surface area contributed by atoms with E-state index in [1.165, 1.54) is 25.1 Å². The summed E-state index contributed by atoms with van der Waals surface area (Å²) in [5.41, 5.74) is 1.34. The number of carbonyl (C=O) groups excluding carboxylic acids is 4. The monoisotopic (exact) mass is 632 g/mol. The maximum Gasteiger partial charge on any atom is 0.253 e. The molecule has 2 aliphatic heterocycles. The molecular weight excluding hydrogens is 611 g/mol. The Morgan fingerprint density at radius 1 is 1.00 bits per heavy atom. The molecule has 2 saturated heterocycles. The Hall–Kier alpha value is -2.88. The van der Waals surface area contributed by atoms with Gasteiger partial charge >= 0.3 is 0 Å². The van der Waals surface area contributed by atoms with Gasteiger partial charge in [-0.1, -0.05) is 33.6 Å². The van der Waals surface area contributed by atoms with Crippen LogP contribution in [0.3, 0.4) is 0 Å². The lowest BCUT2D eigenvalue weighted by atomic mass is 9.56. The average Bonchev–Trinajstić information content (AvgIpc) is 3.24. The molecule has 2 aliphatic carbocycles. The summed E-state index contributed by atoms with van der Waals surface area (Å²) in [5.74, 6) is -5.06. The molecule has 0 bridgehead atoms. The summed E-state index contributed by atoms with van der Waals surface area (Å²) < 4.78 is 6.02. The first-order valence-electron chi connectivity index (χ1n) is 12.4. The van der Waals surface area contributed by atoms with Gasteiger partial charge < -0.3 is 9.84 Å². The molecule has 1 N–H and O–H groups in total. The Morgan fingerprint density at radius 2 is 1.69 bits per heavy atom. The van der Waals surface area contributed by atoms with Gasteiger partial charge in [-0.3, -0.25) is 29.0 Å². The van der Waals surface area contributed by atoms with Gasteiger partial charge in [0, 0.05) is 29.1 Å². The molecule has 202 valence electrons. The molecule has 6 rings (SSSR count). The summed E-state index contributed by atoms with van der Waals surface area (Å²) >= 11 is 17.6. The fraction of sp³-hybridized carbons (Fsp3) is 0.357. The number of imide groups is 2. The highest BCUT2D eigenvalue weighted by Crippen LogP contribution is 2.66. The van der Waals surface area contributed by atoms with Crippen molar-refractivity contribution in [1.29, 1.82) is 0 Å². The number of hydrogen-bond donors (Lipinski definition) is 1. The largest absolute Gasteiger partial charge is 0.508 e. The van der Waals surface area contributed by atoms with E-state index >= 15 is 0 Å². The zero-order valence-electron chi connectivity index (χ0n) is 20.9. The second-order valence-corrected chi connectivity index (χ2v) is 12.6. The number of phenolic OH excluding ortho intramolecular Hbond substituents is 1. The number of nitrogens with zero attached hydrogens (tertiary/aromatic N) is 2. The summed E-state index contributed by atoms with van der Waals surface area (Å²) in [5, 5.41) is 11.0. The van der Waals surface area contributed by atoms with Gasteiger partial charge in [-0.05, 0) is 49.1 Å². The minimum absolute atomic E-state index is 0.111. The van der Waals surface area contributed by atoms with Crippen LogP contribution >= 0.6 is 39.1 Å². The first-order chi connectivity index (χ1) is 18.5. The lowest BCUT2D eigenvalue weighted by Gasteiger charge is -2.50. The SMILES string of the molecule is COc1ccc(C2C3=CCC4C(=O)N(c5ccc(Br)cc5)C(=O)C4C3CC3(Cl)C(=O)N(C)C(=O)C23Cl)c(O)c1. The Balaban J connectivity index is 1.52. The normalized spacial score (nSPS) is 33.6. The van der Waals surface area contributed by atoms with Crippen molar-refractivity contribution < 1.29 is 29.0 Å². The molecule has 2 aromatic rings. The van der Waals surface area contributed by atoms with Crippen LogP contribution in [-0.4, -0.2) is 57.5 Å². The van der Waals surface area contributed by atoms with E-state index in [1.54, 1.807) is 36.4 Å². The van der Waals surface area contributed by atoms with E-state index in [0.717, 1.165) is 9.37 Å². The number of fused-ring (bicyclic) bond motifs is 4. The number of carbonyl (C=O) groups is 4. The fourth-order valence-corrected chi connectivity index (χ4v) is 8.10. The van der Waals surface area contributed by atoms with Crippen molar-refractivity contribution in [3.8, 4) is 11.5 Å². The van der Waals surface area contributed by atoms with Crippen LogP contribution in [-0.2, 0) is 19.2 Å². The van der Waals surface area contributed by atoms with E-state index in [4.69, 9.17) is 27.9 Å². The number of alkyl halides is 2. The Labute approximate surface area is 242 Å². The number of halogens is 3. The lowest BCUT2D eigenvalue weighted by molar-refractivity contribution is -0.138. The van der Waals surface area contributed by atoms with Gasteiger partial charge in [0.15, 0.2) is 9.75 Å². The summed E-state index contributed by atoms with van der Waals surface area (Å²) in [6, 6.07) is 11.5. The molecule has 39 heavy (non-hydrogen) atoms. The number of methoxy groups -OCH3 is 1. The van der Waals surface area contributed by atoms with Crippen molar-refractivity contribution in [2.75, 3.05) is 19.1 Å². The molecule has 0 radical (unpaired) electrons. The van der Waals surface area contributed by atoms with Crippen LogP contribution in [0.4, 0.5) is 5.69 Å². The number of ether oxygens (including phenoxy) is 1. The minimum Gasteiger partial charge on any atom is -0.508 e. The van der Waals surface area contributed by atoms with E-state index in [0.29, 0.717) is 17.0 Å². The second-order valence-electron chi connectivity index (χ2n) is 10.4. The maximum absolute atomic E-state index is 13.9. The topological polar surface area (TPSA) is 104 Å². The van der Waals surface area contributed by atoms with Crippen molar-refractivity contribution >= 4 is 68.4 Å². The number of aromatic hydroxyl groups is 1. The van der Waals surface area contributed by atoms with Gasteiger partial charge in [-0.25, -0.2) is 0 Å². The van der Waals surface area contributed by atoms with E-state index in [2.05, 4.69) is 15.9 Å². The second kappa shape index (κ2) is 8.81. The first-order valence-corrected chi connectivity index (χ1v) is 13.9. The van der Waals surface area contributed by atoms with Crippen molar-refractivity contribution in [3.63, 3.8) is 0 Å². The van der Waals surface area contributed by atoms with Crippen LogP contribution in [0.5, 0.6) is 11.5 Å². The first kappa shape index (κ1) is 26.3. The summed E-state index contributed by atoms with van der Waals surface area (Å²) in [4.78, 5) is 52.8. The molecule has 2 aromatic carbocycles. The molecule has 1 saturated carbocycles. The Bertz CT molecular complexity index is 1500. The van der Waals surface area contributed by atoms with Gasteiger partial charge in [0.05, 0.1) is 24.6 Å². The van der Waals surface area contributed by atoms with Gasteiger partial charge in [-0.15, -0.1) is 23.2 Å².